The van der Waals surface area contributed by atoms with Gasteiger partial charge in [-0.3, -0.25) is 0 Å². The number of nitrogens with one attached hydrogen (secondary N) is 1. The Balaban J connectivity index is 1.28. The van der Waals surface area contributed by atoms with Gasteiger partial charge in [0, 0.05) is 63.4 Å². The van der Waals surface area contributed by atoms with Crippen LogP contribution in [-0.4, -0.2) is 88.2 Å². The summed E-state index contributed by atoms with van der Waals surface area (Å²) in [5.41, 5.74) is 3.95. The zero-order chi connectivity index (χ0) is 26.1. The number of rotatable bonds is 6. The van der Waals surface area contributed by atoms with Gasteiger partial charge in [-0.25, -0.2) is 37.6 Å². The second-order valence-electron chi connectivity index (χ2n) is 9.99. The summed E-state index contributed by atoms with van der Waals surface area (Å²) in [6.45, 7) is 4.32. The van der Waals surface area contributed by atoms with Crippen LogP contribution < -0.4 is 9.80 Å². The highest BCUT2D eigenvalue weighted by atomic mass is 32.2. The number of H-pyrrole nitrogens is 1. The lowest BCUT2D eigenvalue weighted by Crippen LogP contribution is -2.47. The van der Waals surface area contributed by atoms with Crippen molar-refractivity contribution in [2.45, 2.75) is 19.3 Å². The molecule has 0 unspecified atom stereocenters. The number of pyridine rings is 1. The van der Waals surface area contributed by atoms with Crippen molar-refractivity contribution in [2.75, 3.05) is 55.3 Å². The van der Waals surface area contributed by atoms with Gasteiger partial charge >= 0.3 is 0 Å². The smallest absolute Gasteiger partial charge is 0.225 e. The maximum Gasteiger partial charge on any atom is 0.225 e. The first kappa shape index (κ1) is 24.7. The van der Waals surface area contributed by atoms with Crippen LogP contribution in [0.3, 0.4) is 0 Å². The number of anilines is 2. The monoisotopic (exact) mass is 533 g/mol. The SMILES string of the molecule is CS(=O)(=O)N1CCC[C@H](Cc2nc(N3CCN(c4ccccn4)CC3)ncc2-c2cnc3[nH]ccc3n2)C1. The van der Waals surface area contributed by atoms with Crippen LogP contribution in [0.2, 0.25) is 0 Å². The number of fused-ring (bicyclic) bond motifs is 1. The number of hydrogen-bond donors (Lipinski definition) is 1. The summed E-state index contributed by atoms with van der Waals surface area (Å²) in [7, 11) is -3.23. The highest BCUT2D eigenvalue weighted by Gasteiger charge is 2.28. The van der Waals surface area contributed by atoms with Crippen LogP contribution in [0.25, 0.3) is 22.4 Å². The number of sulfonamides is 1. The second kappa shape index (κ2) is 10.3. The molecule has 1 atom stereocenters. The van der Waals surface area contributed by atoms with Crippen LogP contribution in [0.15, 0.2) is 49.1 Å². The average molecular weight is 534 g/mol. The second-order valence-corrected chi connectivity index (χ2v) is 12.0. The Hall–Kier alpha value is -3.64. The minimum atomic E-state index is -3.23. The molecule has 0 radical (unpaired) electrons. The van der Waals surface area contributed by atoms with Gasteiger partial charge in [-0.2, -0.15) is 0 Å². The van der Waals surface area contributed by atoms with Gasteiger partial charge in [0.05, 0.1) is 23.8 Å². The predicted molar refractivity (Wildman–Crippen MR) is 146 cm³/mol. The van der Waals surface area contributed by atoms with Gasteiger partial charge < -0.3 is 14.8 Å². The molecule has 4 aromatic heterocycles. The number of piperazine rings is 1. The van der Waals surface area contributed by atoms with E-state index >= 15 is 0 Å². The minimum Gasteiger partial charge on any atom is -0.353 e. The lowest BCUT2D eigenvalue weighted by Gasteiger charge is -2.35. The summed E-state index contributed by atoms with van der Waals surface area (Å²) in [5.74, 6) is 1.84. The number of nitrogens with zero attached hydrogens (tertiary/aromatic N) is 8. The summed E-state index contributed by atoms with van der Waals surface area (Å²) < 4.78 is 26.0. The van der Waals surface area contributed by atoms with Gasteiger partial charge in [-0.1, -0.05) is 6.07 Å². The fourth-order valence-electron chi connectivity index (χ4n) is 5.33. The molecule has 2 aliphatic rings. The van der Waals surface area contributed by atoms with E-state index < -0.39 is 10.0 Å². The van der Waals surface area contributed by atoms with Gasteiger partial charge in [-0.15, -0.1) is 0 Å². The molecule has 198 valence electrons. The molecule has 0 saturated carbocycles. The molecule has 6 rings (SSSR count). The topological polar surface area (TPSA) is 124 Å². The van der Waals surface area contributed by atoms with Crippen LogP contribution in [-0.2, 0) is 16.4 Å². The molecule has 0 aliphatic carbocycles. The molecule has 2 saturated heterocycles. The predicted octanol–water partition coefficient (Wildman–Crippen LogP) is 2.35. The van der Waals surface area contributed by atoms with Gasteiger partial charge in [0.15, 0.2) is 5.65 Å². The summed E-state index contributed by atoms with van der Waals surface area (Å²) in [6, 6.07) is 7.86. The Bertz CT molecular complexity index is 1520. The Kier molecular flexibility index (Phi) is 6.66. The van der Waals surface area contributed by atoms with E-state index in [0.717, 1.165) is 73.0 Å². The third-order valence-electron chi connectivity index (χ3n) is 7.36. The maximum atomic E-state index is 12.2. The van der Waals surface area contributed by atoms with E-state index in [1.54, 1.807) is 10.5 Å². The third-order valence-corrected chi connectivity index (χ3v) is 8.63. The van der Waals surface area contributed by atoms with Crippen LogP contribution in [0.5, 0.6) is 0 Å². The van der Waals surface area contributed by atoms with E-state index in [0.29, 0.717) is 25.5 Å². The van der Waals surface area contributed by atoms with Gasteiger partial charge in [0.25, 0.3) is 0 Å². The lowest BCUT2D eigenvalue weighted by molar-refractivity contribution is 0.265. The van der Waals surface area contributed by atoms with Gasteiger partial charge in [0.2, 0.25) is 16.0 Å². The molecule has 2 aliphatic heterocycles. The summed E-state index contributed by atoms with van der Waals surface area (Å²) >= 11 is 0. The molecule has 0 bridgehead atoms. The molecule has 0 amide bonds. The fraction of sp³-hybridized carbons (Fsp3) is 0.423. The molecule has 2 fully saturated rings. The Morgan fingerprint density at radius 3 is 2.61 bits per heavy atom. The van der Waals surface area contributed by atoms with Crippen molar-refractivity contribution in [2.24, 2.45) is 5.92 Å². The van der Waals surface area contributed by atoms with Gasteiger partial charge in [-0.05, 0) is 43.4 Å². The van der Waals surface area contributed by atoms with Crippen molar-refractivity contribution in [1.82, 2.24) is 34.2 Å². The van der Waals surface area contributed by atoms with E-state index in [2.05, 4.69) is 24.8 Å². The van der Waals surface area contributed by atoms with Crippen molar-refractivity contribution in [3.05, 3.63) is 54.7 Å². The minimum absolute atomic E-state index is 0.171. The Morgan fingerprint density at radius 1 is 0.974 bits per heavy atom. The van der Waals surface area contributed by atoms with Crippen LogP contribution in [0.4, 0.5) is 11.8 Å². The normalized spacial score (nSPS) is 19.2. The first-order valence-corrected chi connectivity index (χ1v) is 14.8. The summed E-state index contributed by atoms with van der Waals surface area (Å²) in [4.78, 5) is 31.2. The largest absolute Gasteiger partial charge is 0.353 e. The number of hydrogen-bond acceptors (Lipinski definition) is 9. The lowest BCUT2D eigenvalue weighted by atomic mass is 9.92. The Morgan fingerprint density at radius 2 is 1.82 bits per heavy atom. The standard InChI is InChI=1S/C26H31N9O2S/c1-38(36,37)35-10-4-5-19(18-35)15-22-20(23-17-29-25-21(31-23)7-9-28-25)16-30-26(32-22)34-13-11-33(12-14-34)24-6-2-3-8-27-24/h2-3,6-9,16-17,19H,4-5,10-15,18H2,1H3,(H,28,29)/t19-/m1/s1. The summed E-state index contributed by atoms with van der Waals surface area (Å²) in [6.07, 6.45) is 11.0. The number of aromatic nitrogens is 6. The third kappa shape index (κ3) is 5.18. The van der Waals surface area contributed by atoms with Gasteiger partial charge in [0.1, 0.15) is 11.3 Å². The molecule has 12 heteroatoms. The zero-order valence-electron chi connectivity index (χ0n) is 21.4. The van der Waals surface area contributed by atoms with Crippen LogP contribution in [0.1, 0.15) is 18.5 Å². The van der Waals surface area contributed by atoms with E-state index in [-0.39, 0.29) is 5.92 Å². The maximum absolute atomic E-state index is 12.2. The van der Waals surface area contributed by atoms with Crippen molar-refractivity contribution in [3.63, 3.8) is 0 Å². The number of piperidine rings is 1. The first-order valence-electron chi connectivity index (χ1n) is 13.0. The molecule has 11 nitrogen and oxygen atoms in total. The van der Waals surface area contributed by atoms with E-state index in [1.165, 1.54) is 6.26 Å². The molecular weight excluding hydrogens is 502 g/mol. The Labute approximate surface area is 222 Å². The van der Waals surface area contributed by atoms with E-state index in [1.807, 2.05) is 42.9 Å². The van der Waals surface area contributed by atoms with E-state index in [9.17, 15) is 8.42 Å². The highest BCUT2D eigenvalue weighted by Crippen LogP contribution is 2.29. The van der Waals surface area contributed by atoms with Crippen molar-refractivity contribution in [1.29, 1.82) is 0 Å². The quantitative estimate of drug-likeness (QED) is 0.398. The van der Waals surface area contributed by atoms with Crippen LogP contribution >= 0.6 is 0 Å². The molecular formula is C26H31N9O2S. The zero-order valence-corrected chi connectivity index (χ0v) is 22.2. The van der Waals surface area contributed by atoms with E-state index in [4.69, 9.17) is 15.0 Å². The molecule has 6 heterocycles. The molecule has 4 aromatic rings. The van der Waals surface area contributed by atoms with Crippen molar-refractivity contribution >= 4 is 33.0 Å². The summed E-state index contributed by atoms with van der Waals surface area (Å²) in [5, 5.41) is 0. The number of aromatic amines is 1. The molecule has 0 spiro atoms. The molecule has 1 N–H and O–H groups in total. The average Bonchev–Trinajstić information content (AvgIpc) is 3.41. The first-order chi connectivity index (χ1) is 18.4. The molecule has 0 aromatic carbocycles. The van der Waals surface area contributed by atoms with Crippen molar-refractivity contribution < 1.29 is 8.42 Å². The van der Waals surface area contributed by atoms with Crippen LogP contribution in [0, 0.1) is 5.92 Å². The van der Waals surface area contributed by atoms with Crippen molar-refractivity contribution in [3.8, 4) is 11.3 Å². The molecule has 38 heavy (non-hydrogen) atoms. The highest BCUT2D eigenvalue weighted by molar-refractivity contribution is 7.88. The fourth-order valence-corrected chi connectivity index (χ4v) is 6.28.